The number of halogens is 1. The van der Waals surface area contributed by atoms with Crippen LogP contribution in [0.1, 0.15) is 12.0 Å². The smallest absolute Gasteiger partial charge is 0.262 e. The van der Waals surface area contributed by atoms with Gasteiger partial charge in [-0.3, -0.25) is 4.79 Å². The minimum atomic E-state index is -0.218. The molecule has 0 atom stereocenters. The molecule has 0 saturated heterocycles. The topological polar surface area (TPSA) is 47.6 Å². The molecular formula is C23H22BrNO3. The molecule has 1 N–H and O–H groups in total. The number of amides is 1. The van der Waals surface area contributed by atoms with Crippen molar-refractivity contribution in [3.05, 3.63) is 88.9 Å². The van der Waals surface area contributed by atoms with Gasteiger partial charge in [0, 0.05) is 16.2 Å². The van der Waals surface area contributed by atoms with Crippen molar-refractivity contribution in [3.63, 3.8) is 0 Å². The number of ether oxygens (including phenoxy) is 2. The number of aryl methyl sites for hydroxylation is 1. The lowest BCUT2D eigenvalue weighted by molar-refractivity contribution is -0.118. The maximum absolute atomic E-state index is 12.1. The van der Waals surface area contributed by atoms with Gasteiger partial charge in [-0.1, -0.05) is 52.3 Å². The van der Waals surface area contributed by atoms with E-state index in [4.69, 9.17) is 9.47 Å². The van der Waals surface area contributed by atoms with E-state index in [0.29, 0.717) is 18.0 Å². The van der Waals surface area contributed by atoms with E-state index in [2.05, 4.69) is 33.4 Å². The Labute approximate surface area is 173 Å². The van der Waals surface area contributed by atoms with Crippen molar-refractivity contribution in [3.8, 4) is 11.5 Å². The van der Waals surface area contributed by atoms with E-state index >= 15 is 0 Å². The second-order valence-corrected chi connectivity index (χ2v) is 7.17. The van der Waals surface area contributed by atoms with Crippen LogP contribution in [0.4, 0.5) is 5.69 Å². The Bertz CT molecular complexity index is 882. The zero-order chi connectivity index (χ0) is 19.6. The van der Waals surface area contributed by atoms with Crippen molar-refractivity contribution < 1.29 is 14.3 Å². The molecule has 3 aromatic rings. The highest BCUT2D eigenvalue weighted by molar-refractivity contribution is 9.10. The van der Waals surface area contributed by atoms with Gasteiger partial charge < -0.3 is 14.8 Å². The first-order valence-corrected chi connectivity index (χ1v) is 9.93. The summed E-state index contributed by atoms with van der Waals surface area (Å²) in [7, 11) is 0. The van der Waals surface area contributed by atoms with E-state index in [0.717, 1.165) is 23.1 Å². The summed E-state index contributed by atoms with van der Waals surface area (Å²) in [5, 5.41) is 2.83. The highest BCUT2D eigenvalue weighted by atomic mass is 79.9. The summed E-state index contributed by atoms with van der Waals surface area (Å²) in [6.07, 6.45) is 1.91. The Morgan fingerprint density at radius 1 is 0.857 bits per heavy atom. The van der Waals surface area contributed by atoms with Gasteiger partial charge in [0.05, 0.1) is 6.61 Å². The summed E-state index contributed by atoms with van der Waals surface area (Å²) in [6, 6.07) is 25.1. The molecule has 0 heterocycles. The van der Waals surface area contributed by atoms with Crippen LogP contribution in [-0.4, -0.2) is 19.1 Å². The first-order valence-electron chi connectivity index (χ1n) is 9.14. The van der Waals surface area contributed by atoms with Gasteiger partial charge in [0.15, 0.2) is 6.61 Å². The van der Waals surface area contributed by atoms with Crippen LogP contribution in [0.3, 0.4) is 0 Å². The SMILES string of the molecule is O=C(COc1ccc(Br)cc1)Nc1cccc(OCCCc2ccccc2)c1. The van der Waals surface area contributed by atoms with Gasteiger partial charge in [-0.05, 0) is 54.8 Å². The number of anilines is 1. The summed E-state index contributed by atoms with van der Waals surface area (Å²) in [5.74, 6) is 1.16. The van der Waals surface area contributed by atoms with Crippen LogP contribution in [0, 0.1) is 0 Å². The third-order valence-electron chi connectivity index (χ3n) is 4.02. The Kier molecular flexibility index (Phi) is 7.50. The Balaban J connectivity index is 1.42. The summed E-state index contributed by atoms with van der Waals surface area (Å²) in [6.45, 7) is 0.572. The summed E-state index contributed by atoms with van der Waals surface area (Å²) < 4.78 is 12.2. The zero-order valence-electron chi connectivity index (χ0n) is 15.4. The van der Waals surface area contributed by atoms with Crippen molar-refractivity contribution in [2.75, 3.05) is 18.5 Å². The van der Waals surface area contributed by atoms with Crippen LogP contribution in [0.15, 0.2) is 83.3 Å². The molecule has 1 amide bonds. The molecule has 144 valence electrons. The fourth-order valence-electron chi connectivity index (χ4n) is 2.65. The second-order valence-electron chi connectivity index (χ2n) is 6.26. The number of hydrogen-bond donors (Lipinski definition) is 1. The van der Waals surface area contributed by atoms with Crippen LogP contribution in [0.2, 0.25) is 0 Å². The molecular weight excluding hydrogens is 418 g/mol. The molecule has 3 aromatic carbocycles. The van der Waals surface area contributed by atoms with Crippen molar-refractivity contribution in [1.29, 1.82) is 0 Å². The predicted molar refractivity (Wildman–Crippen MR) is 115 cm³/mol. The van der Waals surface area contributed by atoms with E-state index in [1.54, 1.807) is 12.1 Å². The molecule has 0 radical (unpaired) electrons. The zero-order valence-corrected chi connectivity index (χ0v) is 17.0. The number of carbonyl (C=O) groups is 1. The Hall–Kier alpha value is -2.79. The molecule has 0 spiro atoms. The number of nitrogens with one attached hydrogen (secondary N) is 1. The van der Waals surface area contributed by atoms with Crippen LogP contribution in [0.5, 0.6) is 11.5 Å². The highest BCUT2D eigenvalue weighted by Crippen LogP contribution is 2.19. The van der Waals surface area contributed by atoms with Crippen molar-refractivity contribution >= 4 is 27.5 Å². The molecule has 28 heavy (non-hydrogen) atoms. The minimum absolute atomic E-state index is 0.0518. The van der Waals surface area contributed by atoms with Crippen LogP contribution < -0.4 is 14.8 Å². The van der Waals surface area contributed by atoms with Gasteiger partial charge in [0.2, 0.25) is 0 Å². The summed E-state index contributed by atoms with van der Waals surface area (Å²) in [4.78, 5) is 12.1. The number of hydrogen-bond acceptors (Lipinski definition) is 3. The molecule has 0 unspecified atom stereocenters. The number of carbonyl (C=O) groups excluding carboxylic acids is 1. The van der Waals surface area contributed by atoms with Crippen molar-refractivity contribution in [2.24, 2.45) is 0 Å². The number of rotatable bonds is 9. The molecule has 0 aromatic heterocycles. The van der Waals surface area contributed by atoms with Crippen LogP contribution >= 0.6 is 15.9 Å². The lowest BCUT2D eigenvalue weighted by Gasteiger charge is -2.10. The van der Waals surface area contributed by atoms with E-state index in [9.17, 15) is 4.79 Å². The molecule has 0 aliphatic rings. The van der Waals surface area contributed by atoms with Gasteiger partial charge in [0.1, 0.15) is 11.5 Å². The molecule has 0 aliphatic heterocycles. The maximum Gasteiger partial charge on any atom is 0.262 e. The van der Waals surface area contributed by atoms with Crippen molar-refractivity contribution in [1.82, 2.24) is 0 Å². The molecule has 4 nitrogen and oxygen atoms in total. The number of benzene rings is 3. The first kappa shape index (κ1) is 20.0. The summed E-state index contributed by atoms with van der Waals surface area (Å²) in [5.41, 5.74) is 1.99. The van der Waals surface area contributed by atoms with E-state index < -0.39 is 0 Å². The van der Waals surface area contributed by atoms with Gasteiger partial charge in [-0.25, -0.2) is 0 Å². The minimum Gasteiger partial charge on any atom is -0.494 e. The molecule has 0 aliphatic carbocycles. The molecule has 5 heteroatoms. The van der Waals surface area contributed by atoms with E-state index in [1.165, 1.54) is 5.56 Å². The largest absolute Gasteiger partial charge is 0.494 e. The second kappa shape index (κ2) is 10.5. The molecule has 3 rings (SSSR count). The maximum atomic E-state index is 12.1. The average Bonchev–Trinajstić information content (AvgIpc) is 2.72. The lowest BCUT2D eigenvalue weighted by atomic mass is 10.1. The standard InChI is InChI=1S/C23H22BrNO3/c24-19-11-13-21(14-12-19)28-17-23(26)25-20-9-4-10-22(16-20)27-15-5-8-18-6-2-1-3-7-18/h1-4,6-7,9-14,16H,5,8,15,17H2,(H,25,26). The third kappa shape index (κ3) is 6.74. The van der Waals surface area contributed by atoms with Gasteiger partial charge >= 0.3 is 0 Å². The monoisotopic (exact) mass is 439 g/mol. The molecule has 0 fully saturated rings. The lowest BCUT2D eigenvalue weighted by Crippen LogP contribution is -2.20. The average molecular weight is 440 g/mol. The predicted octanol–water partition coefficient (Wildman–Crippen LogP) is 5.48. The van der Waals surface area contributed by atoms with Gasteiger partial charge in [0.25, 0.3) is 5.91 Å². The molecule has 0 bridgehead atoms. The third-order valence-corrected chi connectivity index (χ3v) is 4.55. The van der Waals surface area contributed by atoms with Crippen LogP contribution in [0.25, 0.3) is 0 Å². The van der Waals surface area contributed by atoms with Gasteiger partial charge in [-0.2, -0.15) is 0 Å². The van der Waals surface area contributed by atoms with Crippen molar-refractivity contribution in [2.45, 2.75) is 12.8 Å². The fourth-order valence-corrected chi connectivity index (χ4v) is 2.92. The van der Waals surface area contributed by atoms with E-state index in [1.807, 2.05) is 54.6 Å². The molecule has 0 saturated carbocycles. The quantitative estimate of drug-likeness (QED) is 0.449. The highest BCUT2D eigenvalue weighted by Gasteiger charge is 2.05. The van der Waals surface area contributed by atoms with Crippen LogP contribution in [-0.2, 0) is 11.2 Å². The fraction of sp³-hybridized carbons (Fsp3) is 0.174. The Morgan fingerprint density at radius 3 is 2.43 bits per heavy atom. The normalized spacial score (nSPS) is 10.3. The Morgan fingerprint density at radius 2 is 1.64 bits per heavy atom. The summed E-state index contributed by atoms with van der Waals surface area (Å²) >= 11 is 3.36. The first-order chi connectivity index (χ1) is 13.7. The van der Waals surface area contributed by atoms with E-state index in [-0.39, 0.29) is 12.5 Å². The van der Waals surface area contributed by atoms with Gasteiger partial charge in [-0.15, -0.1) is 0 Å².